The quantitative estimate of drug-likeness (QED) is 0.818. The van der Waals surface area contributed by atoms with Gasteiger partial charge in [-0.2, -0.15) is 0 Å². The number of carbonyl (C=O) groups is 1. The van der Waals surface area contributed by atoms with Crippen LogP contribution in [0.3, 0.4) is 0 Å². The molecular formula is C16H19N3O. The first-order chi connectivity index (χ1) is 9.65. The van der Waals surface area contributed by atoms with E-state index < -0.39 is 0 Å². The third-order valence-electron chi connectivity index (χ3n) is 3.16. The zero-order valence-corrected chi connectivity index (χ0v) is 11.6. The van der Waals surface area contributed by atoms with Crippen LogP contribution >= 0.6 is 0 Å². The molecule has 4 heteroatoms. The number of hydrogen-bond donors (Lipinski definition) is 2. The molecule has 0 spiro atoms. The van der Waals surface area contributed by atoms with Crippen molar-refractivity contribution in [1.82, 2.24) is 10.3 Å². The number of pyridine rings is 1. The maximum Gasteiger partial charge on any atom is 0.220 e. The van der Waals surface area contributed by atoms with Gasteiger partial charge in [-0.3, -0.25) is 9.78 Å². The molecule has 0 unspecified atom stereocenters. The topological polar surface area (TPSA) is 68.0 Å². The van der Waals surface area contributed by atoms with Gasteiger partial charge in [-0.15, -0.1) is 0 Å². The van der Waals surface area contributed by atoms with E-state index >= 15 is 0 Å². The first-order valence-corrected chi connectivity index (χ1v) is 6.67. The van der Waals surface area contributed by atoms with Crippen molar-refractivity contribution >= 4 is 11.6 Å². The maximum absolute atomic E-state index is 11.8. The second-order valence-corrected chi connectivity index (χ2v) is 4.79. The monoisotopic (exact) mass is 269 g/mol. The predicted molar refractivity (Wildman–Crippen MR) is 80.0 cm³/mol. The number of amides is 1. The molecule has 0 radical (unpaired) electrons. The summed E-state index contributed by atoms with van der Waals surface area (Å²) in [5.41, 5.74) is 9.51. The van der Waals surface area contributed by atoms with Gasteiger partial charge in [-0.1, -0.05) is 18.2 Å². The number of aryl methyl sites for hydroxylation is 2. The van der Waals surface area contributed by atoms with Crippen molar-refractivity contribution < 1.29 is 4.79 Å². The first kappa shape index (κ1) is 14.1. The average Bonchev–Trinajstić information content (AvgIpc) is 2.44. The van der Waals surface area contributed by atoms with Crippen molar-refractivity contribution in [2.24, 2.45) is 0 Å². The SMILES string of the molecule is Cc1cccnc1CNC(=O)CCc1cccc(N)c1. The number of hydrogen-bond acceptors (Lipinski definition) is 3. The second kappa shape index (κ2) is 6.70. The van der Waals surface area contributed by atoms with E-state index in [-0.39, 0.29) is 5.91 Å². The lowest BCUT2D eigenvalue weighted by Gasteiger charge is -2.07. The molecule has 0 saturated heterocycles. The van der Waals surface area contributed by atoms with Crippen LogP contribution < -0.4 is 11.1 Å². The molecule has 1 amide bonds. The molecule has 0 aliphatic carbocycles. The maximum atomic E-state index is 11.8. The number of carbonyl (C=O) groups excluding carboxylic acids is 1. The number of anilines is 1. The molecule has 0 bridgehead atoms. The van der Waals surface area contributed by atoms with E-state index in [0.717, 1.165) is 22.5 Å². The fourth-order valence-electron chi connectivity index (χ4n) is 1.98. The van der Waals surface area contributed by atoms with Crippen LogP contribution in [0, 0.1) is 6.92 Å². The normalized spacial score (nSPS) is 10.2. The number of nitrogen functional groups attached to an aromatic ring is 1. The van der Waals surface area contributed by atoms with Gasteiger partial charge < -0.3 is 11.1 Å². The van der Waals surface area contributed by atoms with Crippen LogP contribution in [0.2, 0.25) is 0 Å². The van der Waals surface area contributed by atoms with Gasteiger partial charge in [0, 0.05) is 18.3 Å². The molecule has 1 aromatic heterocycles. The lowest BCUT2D eigenvalue weighted by Crippen LogP contribution is -2.24. The van der Waals surface area contributed by atoms with Crippen LogP contribution in [0.25, 0.3) is 0 Å². The summed E-state index contributed by atoms with van der Waals surface area (Å²) in [6.45, 7) is 2.46. The Labute approximate surface area is 119 Å². The molecular weight excluding hydrogens is 250 g/mol. The minimum atomic E-state index is 0.0254. The third kappa shape index (κ3) is 4.09. The summed E-state index contributed by atoms with van der Waals surface area (Å²) in [6, 6.07) is 11.5. The van der Waals surface area contributed by atoms with Gasteiger partial charge in [0.1, 0.15) is 0 Å². The summed E-state index contributed by atoms with van der Waals surface area (Å²) in [5.74, 6) is 0.0254. The van der Waals surface area contributed by atoms with E-state index in [1.165, 1.54) is 0 Å². The third-order valence-corrected chi connectivity index (χ3v) is 3.16. The summed E-state index contributed by atoms with van der Waals surface area (Å²) in [7, 11) is 0. The van der Waals surface area contributed by atoms with E-state index in [1.54, 1.807) is 6.20 Å². The van der Waals surface area contributed by atoms with Crippen LogP contribution in [-0.4, -0.2) is 10.9 Å². The zero-order valence-electron chi connectivity index (χ0n) is 11.6. The minimum absolute atomic E-state index is 0.0254. The Bertz CT molecular complexity index is 596. The Kier molecular flexibility index (Phi) is 4.71. The molecule has 2 aromatic rings. The summed E-state index contributed by atoms with van der Waals surface area (Å²) < 4.78 is 0. The van der Waals surface area contributed by atoms with Crippen molar-refractivity contribution in [2.45, 2.75) is 26.3 Å². The van der Waals surface area contributed by atoms with Gasteiger partial charge >= 0.3 is 0 Å². The number of benzene rings is 1. The fourth-order valence-corrected chi connectivity index (χ4v) is 1.98. The van der Waals surface area contributed by atoms with E-state index in [2.05, 4.69) is 10.3 Å². The molecule has 0 aliphatic heterocycles. The molecule has 0 atom stereocenters. The van der Waals surface area contributed by atoms with Gasteiger partial charge in [0.25, 0.3) is 0 Å². The van der Waals surface area contributed by atoms with E-state index in [9.17, 15) is 4.79 Å². The van der Waals surface area contributed by atoms with Gasteiger partial charge in [0.15, 0.2) is 0 Å². The summed E-state index contributed by atoms with van der Waals surface area (Å²) in [5, 5.41) is 2.89. The van der Waals surface area contributed by atoms with Crippen molar-refractivity contribution in [3.8, 4) is 0 Å². The molecule has 1 aromatic carbocycles. The van der Waals surface area contributed by atoms with E-state index in [0.29, 0.717) is 19.4 Å². The molecule has 0 aliphatic rings. The predicted octanol–water partition coefficient (Wildman–Crippen LogP) is 2.22. The number of nitrogens with zero attached hydrogens (tertiary/aromatic N) is 1. The Morgan fingerprint density at radius 3 is 2.90 bits per heavy atom. The van der Waals surface area contributed by atoms with Crippen molar-refractivity contribution in [3.05, 3.63) is 59.4 Å². The van der Waals surface area contributed by atoms with Crippen LogP contribution in [-0.2, 0) is 17.8 Å². The van der Waals surface area contributed by atoms with Gasteiger partial charge in [-0.05, 0) is 42.7 Å². The van der Waals surface area contributed by atoms with Crippen molar-refractivity contribution in [1.29, 1.82) is 0 Å². The Morgan fingerprint density at radius 1 is 1.30 bits per heavy atom. The lowest BCUT2D eigenvalue weighted by atomic mass is 10.1. The van der Waals surface area contributed by atoms with Crippen molar-refractivity contribution in [2.75, 3.05) is 5.73 Å². The highest BCUT2D eigenvalue weighted by molar-refractivity contribution is 5.76. The zero-order chi connectivity index (χ0) is 14.4. The van der Waals surface area contributed by atoms with Gasteiger partial charge in [0.05, 0.1) is 12.2 Å². The molecule has 1 heterocycles. The Hall–Kier alpha value is -2.36. The summed E-state index contributed by atoms with van der Waals surface area (Å²) in [6.07, 6.45) is 2.88. The Balaban J connectivity index is 1.80. The Morgan fingerprint density at radius 2 is 2.15 bits per heavy atom. The molecule has 4 nitrogen and oxygen atoms in total. The molecule has 20 heavy (non-hydrogen) atoms. The molecule has 0 fully saturated rings. The largest absolute Gasteiger partial charge is 0.399 e. The van der Waals surface area contributed by atoms with Crippen molar-refractivity contribution in [3.63, 3.8) is 0 Å². The van der Waals surface area contributed by atoms with Crippen LogP contribution in [0.15, 0.2) is 42.6 Å². The van der Waals surface area contributed by atoms with Crippen LogP contribution in [0.5, 0.6) is 0 Å². The summed E-state index contributed by atoms with van der Waals surface area (Å²) in [4.78, 5) is 16.1. The highest BCUT2D eigenvalue weighted by Gasteiger charge is 2.04. The lowest BCUT2D eigenvalue weighted by molar-refractivity contribution is -0.121. The fraction of sp³-hybridized carbons (Fsp3) is 0.250. The number of rotatable bonds is 5. The second-order valence-electron chi connectivity index (χ2n) is 4.79. The highest BCUT2D eigenvalue weighted by atomic mass is 16.1. The standard InChI is InChI=1S/C16H19N3O/c1-12-4-3-9-18-15(12)11-19-16(20)8-7-13-5-2-6-14(17)10-13/h2-6,9-10H,7-8,11,17H2,1H3,(H,19,20). The van der Waals surface area contributed by atoms with E-state index in [4.69, 9.17) is 5.73 Å². The van der Waals surface area contributed by atoms with Crippen LogP contribution in [0.1, 0.15) is 23.2 Å². The minimum Gasteiger partial charge on any atom is -0.399 e. The number of nitrogens with one attached hydrogen (secondary N) is 1. The summed E-state index contributed by atoms with van der Waals surface area (Å²) >= 11 is 0. The number of aromatic nitrogens is 1. The molecule has 0 saturated carbocycles. The molecule has 2 rings (SSSR count). The van der Waals surface area contributed by atoms with Gasteiger partial charge in [0.2, 0.25) is 5.91 Å². The molecule has 3 N–H and O–H groups in total. The smallest absolute Gasteiger partial charge is 0.220 e. The number of nitrogens with two attached hydrogens (primary N) is 1. The highest BCUT2D eigenvalue weighted by Crippen LogP contribution is 2.09. The average molecular weight is 269 g/mol. The first-order valence-electron chi connectivity index (χ1n) is 6.67. The molecule has 104 valence electrons. The van der Waals surface area contributed by atoms with Gasteiger partial charge in [-0.25, -0.2) is 0 Å². The van der Waals surface area contributed by atoms with E-state index in [1.807, 2.05) is 43.3 Å². The van der Waals surface area contributed by atoms with Crippen LogP contribution in [0.4, 0.5) is 5.69 Å².